The molecule has 0 spiro atoms. The maximum Gasteiger partial charge on any atom is 0.331 e. The molecule has 1 amide bonds. The van der Waals surface area contributed by atoms with Crippen LogP contribution in [-0.2, 0) is 20.9 Å². The summed E-state index contributed by atoms with van der Waals surface area (Å²) in [7, 11) is 2.75. The van der Waals surface area contributed by atoms with E-state index in [1.54, 1.807) is 18.2 Å². The van der Waals surface area contributed by atoms with Crippen molar-refractivity contribution >= 4 is 40.7 Å². The lowest BCUT2D eigenvalue weighted by atomic mass is 10.1. The van der Waals surface area contributed by atoms with Crippen molar-refractivity contribution in [3.8, 4) is 11.5 Å². The van der Waals surface area contributed by atoms with Crippen LogP contribution < -0.4 is 14.8 Å². The van der Waals surface area contributed by atoms with Crippen molar-refractivity contribution in [3.05, 3.63) is 74.7 Å². The molecule has 11 nitrogen and oxygen atoms in total. The lowest BCUT2D eigenvalue weighted by molar-refractivity contribution is -0.384. The Morgan fingerprint density at radius 3 is 2.64 bits per heavy atom. The molecule has 12 heteroatoms. The van der Waals surface area contributed by atoms with E-state index in [1.165, 1.54) is 44.7 Å². The van der Waals surface area contributed by atoms with Crippen molar-refractivity contribution < 1.29 is 28.7 Å². The summed E-state index contributed by atoms with van der Waals surface area (Å²) in [6, 6.07) is 11.1. The van der Waals surface area contributed by atoms with Crippen molar-refractivity contribution in [2.24, 2.45) is 10.2 Å². The number of rotatable bonds is 8. The zero-order chi connectivity index (χ0) is 23.8. The fourth-order valence-corrected chi connectivity index (χ4v) is 3.34. The Morgan fingerprint density at radius 2 is 1.97 bits per heavy atom. The number of nitrogens with one attached hydrogen (secondary N) is 1. The smallest absolute Gasteiger partial charge is 0.331 e. The molecule has 1 saturated heterocycles. The van der Waals surface area contributed by atoms with Crippen LogP contribution in [0.25, 0.3) is 0 Å². The number of methoxy groups -OCH3 is 2. The third-order valence-corrected chi connectivity index (χ3v) is 5.10. The van der Waals surface area contributed by atoms with Crippen molar-refractivity contribution in [1.29, 1.82) is 0 Å². The van der Waals surface area contributed by atoms with Gasteiger partial charge in [0.25, 0.3) is 11.6 Å². The van der Waals surface area contributed by atoms with Gasteiger partial charge in [-0.15, -0.1) is 5.10 Å². The summed E-state index contributed by atoms with van der Waals surface area (Å²) < 4.78 is 15.6. The number of hydrogen-bond donors (Lipinski definition) is 1. The molecule has 1 N–H and O–H groups in total. The minimum Gasteiger partial charge on any atom is -0.496 e. The van der Waals surface area contributed by atoms with Crippen LogP contribution in [0.4, 0.5) is 5.69 Å². The quantitative estimate of drug-likeness (QED) is 0.204. The van der Waals surface area contributed by atoms with Crippen LogP contribution in [0.3, 0.4) is 0 Å². The van der Waals surface area contributed by atoms with Gasteiger partial charge in [0.15, 0.2) is 5.17 Å². The molecule has 0 unspecified atom stereocenters. The fraction of sp³-hybridized carbons (Fsp3) is 0.143. The van der Waals surface area contributed by atoms with Gasteiger partial charge in [-0.25, -0.2) is 4.79 Å². The molecule has 1 aliphatic heterocycles. The first-order valence-electron chi connectivity index (χ1n) is 9.33. The van der Waals surface area contributed by atoms with Gasteiger partial charge in [-0.2, -0.15) is 5.10 Å². The molecule has 1 fully saturated rings. The first-order valence-corrected chi connectivity index (χ1v) is 10.2. The molecule has 0 aromatic heterocycles. The molecule has 2 aromatic rings. The molecular weight excluding hydrogens is 452 g/mol. The number of ether oxygens (including phenoxy) is 3. The number of nitrogens with zero attached hydrogens (tertiary/aromatic N) is 3. The van der Waals surface area contributed by atoms with E-state index < -0.39 is 16.8 Å². The Morgan fingerprint density at radius 1 is 1.21 bits per heavy atom. The van der Waals surface area contributed by atoms with Crippen molar-refractivity contribution in [1.82, 2.24) is 5.32 Å². The van der Waals surface area contributed by atoms with Crippen LogP contribution >= 0.6 is 11.8 Å². The second kappa shape index (κ2) is 10.9. The number of benzene rings is 2. The Bertz CT molecular complexity index is 1160. The summed E-state index contributed by atoms with van der Waals surface area (Å²) in [5.74, 6) is -0.0388. The number of thioether (sulfide) groups is 1. The molecule has 33 heavy (non-hydrogen) atoms. The minimum absolute atomic E-state index is 0.0238. The van der Waals surface area contributed by atoms with Crippen LogP contribution in [0.5, 0.6) is 11.5 Å². The normalized spacial score (nSPS) is 15.6. The molecule has 3 rings (SSSR count). The van der Waals surface area contributed by atoms with Gasteiger partial charge in [0.05, 0.1) is 30.3 Å². The number of esters is 1. The molecule has 0 aliphatic carbocycles. The lowest BCUT2D eigenvalue weighted by Gasteiger charge is -2.11. The largest absolute Gasteiger partial charge is 0.496 e. The predicted molar refractivity (Wildman–Crippen MR) is 121 cm³/mol. The molecule has 1 heterocycles. The Balaban J connectivity index is 1.67. The Hall–Kier alpha value is -4.19. The fourth-order valence-electron chi connectivity index (χ4n) is 2.61. The van der Waals surface area contributed by atoms with Crippen molar-refractivity contribution in [2.75, 3.05) is 14.2 Å². The van der Waals surface area contributed by atoms with E-state index in [1.807, 2.05) is 0 Å². The van der Waals surface area contributed by atoms with Gasteiger partial charge in [-0.1, -0.05) is 0 Å². The van der Waals surface area contributed by atoms with Gasteiger partial charge in [0, 0.05) is 23.8 Å². The summed E-state index contributed by atoms with van der Waals surface area (Å²) in [6.45, 7) is 0.158. The van der Waals surface area contributed by atoms with E-state index in [0.29, 0.717) is 17.1 Å². The van der Waals surface area contributed by atoms with E-state index in [9.17, 15) is 19.7 Å². The number of hydrogen-bond acceptors (Lipinski definition) is 10. The second-order valence-electron chi connectivity index (χ2n) is 6.35. The zero-order valence-corrected chi connectivity index (χ0v) is 18.3. The summed E-state index contributed by atoms with van der Waals surface area (Å²) in [4.78, 5) is 33.5. The summed E-state index contributed by atoms with van der Waals surface area (Å²) in [5, 5.41) is 21.4. The number of amidine groups is 1. The Kier molecular flexibility index (Phi) is 7.76. The Labute approximate surface area is 192 Å². The van der Waals surface area contributed by atoms with Gasteiger partial charge in [-0.3, -0.25) is 20.2 Å². The predicted octanol–water partition coefficient (Wildman–Crippen LogP) is 2.79. The summed E-state index contributed by atoms with van der Waals surface area (Å²) >= 11 is 0.969. The number of nitro groups is 1. The maximum atomic E-state index is 11.8. The summed E-state index contributed by atoms with van der Waals surface area (Å²) in [5.41, 5.74) is 1.39. The highest BCUT2D eigenvalue weighted by atomic mass is 32.2. The van der Waals surface area contributed by atoms with Crippen LogP contribution in [0.2, 0.25) is 0 Å². The van der Waals surface area contributed by atoms with Gasteiger partial charge in [0.1, 0.15) is 18.1 Å². The standard InChI is InChI=1S/C21H18N4O7S/c1-30-17-8-3-13(9-14(17)12-32-16-6-4-15(5-7-16)25(28)29)11-22-24-21-23-20(27)18(33-21)10-19(26)31-2/h3-11H,12H2,1-2H3,(H,23,24,27)/b18-10+,22-11?. The number of carbonyl (C=O) groups is 2. The average Bonchev–Trinajstić information content (AvgIpc) is 3.16. The SMILES string of the molecule is COC(=O)/C=C1/S/C(=N\N=Cc2ccc(OC)c(COc3ccc([N+](=O)[O-])cc3)c2)NC1=O. The first-order chi connectivity index (χ1) is 15.9. The molecule has 1 aliphatic rings. The van der Waals surface area contributed by atoms with Crippen molar-refractivity contribution in [2.45, 2.75) is 6.61 Å². The van der Waals surface area contributed by atoms with Crippen LogP contribution in [0, 0.1) is 10.1 Å². The average molecular weight is 470 g/mol. The maximum absolute atomic E-state index is 11.8. The highest BCUT2D eigenvalue weighted by molar-refractivity contribution is 8.18. The second-order valence-corrected chi connectivity index (χ2v) is 7.38. The zero-order valence-electron chi connectivity index (χ0n) is 17.5. The summed E-state index contributed by atoms with van der Waals surface area (Å²) in [6.07, 6.45) is 2.56. The highest BCUT2D eigenvalue weighted by Crippen LogP contribution is 2.24. The molecule has 0 saturated carbocycles. The van der Waals surface area contributed by atoms with E-state index in [-0.39, 0.29) is 22.4 Å². The van der Waals surface area contributed by atoms with Gasteiger partial charge in [0.2, 0.25) is 0 Å². The third kappa shape index (κ3) is 6.40. The van der Waals surface area contributed by atoms with E-state index in [4.69, 9.17) is 9.47 Å². The van der Waals surface area contributed by atoms with Gasteiger partial charge in [-0.05, 0) is 47.7 Å². The molecule has 170 valence electrons. The molecule has 0 radical (unpaired) electrons. The third-order valence-electron chi connectivity index (χ3n) is 4.20. The molecular formula is C21H18N4O7S. The van der Waals surface area contributed by atoms with Crippen LogP contribution in [0.1, 0.15) is 11.1 Å². The van der Waals surface area contributed by atoms with E-state index in [2.05, 4.69) is 20.3 Å². The lowest BCUT2D eigenvalue weighted by Crippen LogP contribution is -2.19. The molecule has 0 atom stereocenters. The minimum atomic E-state index is -0.640. The van der Waals surface area contributed by atoms with Gasteiger partial charge < -0.3 is 14.2 Å². The van der Waals surface area contributed by atoms with E-state index >= 15 is 0 Å². The number of non-ortho nitro benzene ring substituents is 1. The monoisotopic (exact) mass is 470 g/mol. The van der Waals surface area contributed by atoms with Gasteiger partial charge >= 0.3 is 5.97 Å². The molecule has 0 bridgehead atoms. The number of nitro benzene ring substituents is 1. The number of carbonyl (C=O) groups excluding carboxylic acids is 2. The molecule has 2 aromatic carbocycles. The topological polar surface area (TPSA) is 142 Å². The number of amides is 1. The van der Waals surface area contributed by atoms with E-state index in [0.717, 1.165) is 23.4 Å². The van der Waals surface area contributed by atoms with Crippen LogP contribution in [0.15, 0.2) is 63.6 Å². The first kappa shape index (κ1) is 23.5. The van der Waals surface area contributed by atoms with Crippen LogP contribution in [-0.4, -0.2) is 42.4 Å². The highest BCUT2D eigenvalue weighted by Gasteiger charge is 2.25. The van der Waals surface area contributed by atoms with Crippen molar-refractivity contribution in [3.63, 3.8) is 0 Å².